The van der Waals surface area contributed by atoms with Gasteiger partial charge in [0.15, 0.2) is 5.78 Å². The maximum absolute atomic E-state index is 12.0. The van der Waals surface area contributed by atoms with Crippen molar-refractivity contribution < 1.29 is 9.72 Å². The molecule has 4 heteroatoms. The zero-order chi connectivity index (χ0) is 12.3. The number of Topliss-reactive ketones (excluding diaryl/α,β-unsaturated/α-hetero) is 1. The molecule has 0 fully saturated rings. The summed E-state index contributed by atoms with van der Waals surface area (Å²) in [5.74, 6) is -0.0568. The molecule has 0 aliphatic heterocycles. The molecule has 0 radical (unpaired) electrons. The minimum Gasteiger partial charge on any atom is -0.294 e. The second kappa shape index (κ2) is 4.43. The molecule has 0 aliphatic carbocycles. The summed E-state index contributed by atoms with van der Waals surface area (Å²) in [6, 6.07) is 5.87. The molecule has 0 bridgehead atoms. The number of nitro groups is 1. The predicted molar refractivity (Wildman–Crippen MR) is 61.5 cm³/mol. The standard InChI is InChI=1S/C12H15NO3/c1-4-12(2,3)11(14)9-6-5-7-10(8-9)13(15)16/h5-8H,4H2,1-3H3. The molecule has 0 amide bonds. The summed E-state index contributed by atoms with van der Waals surface area (Å²) in [6.45, 7) is 5.61. The number of ketones is 1. The Morgan fingerprint density at radius 3 is 2.56 bits per heavy atom. The van der Waals surface area contributed by atoms with E-state index in [4.69, 9.17) is 0 Å². The van der Waals surface area contributed by atoms with Crippen LogP contribution in [0.2, 0.25) is 0 Å². The van der Waals surface area contributed by atoms with Gasteiger partial charge >= 0.3 is 0 Å². The maximum Gasteiger partial charge on any atom is 0.270 e. The van der Waals surface area contributed by atoms with Gasteiger partial charge in [0, 0.05) is 23.1 Å². The lowest BCUT2D eigenvalue weighted by Crippen LogP contribution is -2.23. The molecular weight excluding hydrogens is 206 g/mol. The van der Waals surface area contributed by atoms with Gasteiger partial charge in [0.2, 0.25) is 0 Å². The van der Waals surface area contributed by atoms with Gasteiger partial charge in [0.1, 0.15) is 0 Å². The van der Waals surface area contributed by atoms with E-state index in [-0.39, 0.29) is 11.5 Å². The summed E-state index contributed by atoms with van der Waals surface area (Å²) >= 11 is 0. The Bertz CT molecular complexity index is 424. The van der Waals surface area contributed by atoms with E-state index in [1.54, 1.807) is 6.07 Å². The van der Waals surface area contributed by atoms with Crippen LogP contribution in [-0.2, 0) is 0 Å². The molecule has 0 unspecified atom stereocenters. The first kappa shape index (κ1) is 12.4. The fourth-order valence-corrected chi connectivity index (χ4v) is 1.31. The van der Waals surface area contributed by atoms with Crippen molar-refractivity contribution in [1.82, 2.24) is 0 Å². The van der Waals surface area contributed by atoms with Gasteiger partial charge in [-0.05, 0) is 6.42 Å². The van der Waals surface area contributed by atoms with Gasteiger partial charge in [0.25, 0.3) is 5.69 Å². The third-order valence-corrected chi connectivity index (χ3v) is 2.82. The highest BCUT2D eigenvalue weighted by Gasteiger charge is 2.27. The van der Waals surface area contributed by atoms with Crippen LogP contribution in [0, 0.1) is 15.5 Å². The Hall–Kier alpha value is -1.71. The van der Waals surface area contributed by atoms with E-state index in [9.17, 15) is 14.9 Å². The summed E-state index contributed by atoms with van der Waals surface area (Å²) in [4.78, 5) is 22.1. The number of carbonyl (C=O) groups excluding carboxylic acids is 1. The number of nitro benzene ring substituents is 1. The van der Waals surface area contributed by atoms with Crippen LogP contribution in [0.3, 0.4) is 0 Å². The van der Waals surface area contributed by atoms with Gasteiger partial charge < -0.3 is 0 Å². The first-order valence-corrected chi connectivity index (χ1v) is 5.17. The lowest BCUT2D eigenvalue weighted by atomic mass is 9.82. The summed E-state index contributed by atoms with van der Waals surface area (Å²) in [5, 5.41) is 10.6. The lowest BCUT2D eigenvalue weighted by Gasteiger charge is -2.20. The number of nitrogens with zero attached hydrogens (tertiary/aromatic N) is 1. The third-order valence-electron chi connectivity index (χ3n) is 2.82. The van der Waals surface area contributed by atoms with E-state index in [0.29, 0.717) is 12.0 Å². The van der Waals surface area contributed by atoms with Crippen LogP contribution in [-0.4, -0.2) is 10.7 Å². The van der Waals surface area contributed by atoms with Gasteiger partial charge in [-0.25, -0.2) is 0 Å². The number of benzene rings is 1. The normalized spacial score (nSPS) is 11.2. The van der Waals surface area contributed by atoms with Crippen molar-refractivity contribution in [2.24, 2.45) is 5.41 Å². The molecule has 1 aromatic carbocycles. The molecule has 4 nitrogen and oxygen atoms in total. The average Bonchev–Trinajstić information content (AvgIpc) is 2.28. The predicted octanol–water partition coefficient (Wildman–Crippen LogP) is 3.21. The van der Waals surface area contributed by atoms with Gasteiger partial charge in [0.05, 0.1) is 4.92 Å². The Morgan fingerprint density at radius 1 is 1.44 bits per heavy atom. The van der Waals surface area contributed by atoms with Crippen molar-refractivity contribution in [1.29, 1.82) is 0 Å². The monoisotopic (exact) mass is 221 g/mol. The highest BCUT2D eigenvalue weighted by atomic mass is 16.6. The van der Waals surface area contributed by atoms with E-state index in [0.717, 1.165) is 0 Å². The van der Waals surface area contributed by atoms with Gasteiger partial charge in [-0.15, -0.1) is 0 Å². The van der Waals surface area contributed by atoms with E-state index in [1.807, 2.05) is 20.8 Å². The molecule has 0 atom stereocenters. The summed E-state index contributed by atoms with van der Waals surface area (Å²) in [5.41, 5.74) is -0.117. The van der Waals surface area contributed by atoms with Crippen LogP contribution in [0.15, 0.2) is 24.3 Å². The summed E-state index contributed by atoms with van der Waals surface area (Å²) in [6.07, 6.45) is 0.703. The van der Waals surface area contributed by atoms with Crippen molar-refractivity contribution in [2.75, 3.05) is 0 Å². The highest BCUT2D eigenvalue weighted by Crippen LogP contribution is 2.26. The lowest BCUT2D eigenvalue weighted by molar-refractivity contribution is -0.384. The molecule has 16 heavy (non-hydrogen) atoms. The Balaban J connectivity index is 3.10. The fourth-order valence-electron chi connectivity index (χ4n) is 1.31. The van der Waals surface area contributed by atoms with Crippen molar-refractivity contribution in [3.05, 3.63) is 39.9 Å². The fraction of sp³-hybridized carbons (Fsp3) is 0.417. The number of rotatable bonds is 4. The molecule has 0 spiro atoms. The Kier molecular flexibility index (Phi) is 3.42. The molecule has 0 aliphatic rings. The van der Waals surface area contributed by atoms with Crippen LogP contribution < -0.4 is 0 Å². The summed E-state index contributed by atoms with van der Waals surface area (Å²) in [7, 11) is 0. The van der Waals surface area contributed by atoms with Crippen molar-refractivity contribution in [3.63, 3.8) is 0 Å². The van der Waals surface area contributed by atoms with Gasteiger partial charge in [-0.3, -0.25) is 14.9 Å². The topological polar surface area (TPSA) is 60.2 Å². The second-order valence-electron chi connectivity index (χ2n) is 4.37. The first-order chi connectivity index (χ1) is 7.38. The van der Waals surface area contributed by atoms with Crippen molar-refractivity contribution >= 4 is 11.5 Å². The number of non-ortho nitro benzene ring substituents is 1. The van der Waals surface area contributed by atoms with Crippen LogP contribution in [0.25, 0.3) is 0 Å². The molecule has 0 aromatic heterocycles. The zero-order valence-electron chi connectivity index (χ0n) is 9.69. The molecule has 0 saturated carbocycles. The van der Waals surface area contributed by atoms with Gasteiger partial charge in [-0.1, -0.05) is 32.9 Å². The molecular formula is C12H15NO3. The SMILES string of the molecule is CCC(C)(C)C(=O)c1cccc([N+](=O)[O-])c1. The van der Waals surface area contributed by atoms with Gasteiger partial charge in [-0.2, -0.15) is 0 Å². The quantitative estimate of drug-likeness (QED) is 0.445. The average molecular weight is 221 g/mol. The minimum atomic E-state index is -0.490. The van der Waals surface area contributed by atoms with E-state index >= 15 is 0 Å². The largest absolute Gasteiger partial charge is 0.294 e. The van der Waals surface area contributed by atoms with Crippen LogP contribution in [0.5, 0.6) is 0 Å². The Labute approximate surface area is 94.4 Å². The molecule has 0 heterocycles. The summed E-state index contributed by atoms with van der Waals surface area (Å²) < 4.78 is 0. The first-order valence-electron chi connectivity index (χ1n) is 5.17. The Morgan fingerprint density at radius 2 is 2.06 bits per heavy atom. The molecule has 0 N–H and O–H groups in total. The minimum absolute atomic E-state index is 0.0437. The number of hydrogen-bond donors (Lipinski definition) is 0. The smallest absolute Gasteiger partial charge is 0.270 e. The molecule has 1 rings (SSSR count). The molecule has 0 saturated heterocycles. The highest BCUT2D eigenvalue weighted by molar-refractivity contribution is 6.00. The maximum atomic E-state index is 12.0. The zero-order valence-corrected chi connectivity index (χ0v) is 9.69. The number of hydrogen-bond acceptors (Lipinski definition) is 3. The van der Waals surface area contributed by atoms with Crippen molar-refractivity contribution in [2.45, 2.75) is 27.2 Å². The van der Waals surface area contributed by atoms with E-state index in [2.05, 4.69) is 0 Å². The van der Waals surface area contributed by atoms with E-state index in [1.165, 1.54) is 18.2 Å². The number of carbonyl (C=O) groups is 1. The van der Waals surface area contributed by atoms with Crippen LogP contribution in [0.1, 0.15) is 37.6 Å². The van der Waals surface area contributed by atoms with E-state index < -0.39 is 10.3 Å². The van der Waals surface area contributed by atoms with Crippen LogP contribution in [0.4, 0.5) is 5.69 Å². The second-order valence-corrected chi connectivity index (χ2v) is 4.37. The van der Waals surface area contributed by atoms with Crippen molar-refractivity contribution in [3.8, 4) is 0 Å². The molecule has 86 valence electrons. The van der Waals surface area contributed by atoms with Crippen LogP contribution >= 0.6 is 0 Å². The molecule has 1 aromatic rings. The third kappa shape index (κ3) is 2.45.